The average molecular weight is 355 g/mol. The van der Waals surface area contributed by atoms with Crippen LogP contribution in [0.2, 0.25) is 0 Å². The van der Waals surface area contributed by atoms with Gasteiger partial charge < -0.3 is 14.4 Å². The molecule has 2 aromatic rings. The van der Waals surface area contributed by atoms with Crippen LogP contribution in [0.4, 0.5) is 0 Å². The third-order valence-electron chi connectivity index (χ3n) is 4.54. The normalized spacial score (nSPS) is 11.5. The zero-order valence-corrected chi connectivity index (χ0v) is 16.0. The Labute approximate surface area is 156 Å². The maximum absolute atomic E-state index is 13.1. The van der Waals surface area contributed by atoms with Gasteiger partial charge in [-0.15, -0.1) is 0 Å². The Balaban J connectivity index is 2.45. The van der Waals surface area contributed by atoms with Crippen LogP contribution in [-0.2, 0) is 19.9 Å². The SMILES string of the molecule is CCOC(=O)C(OCCN(CC)CC)(c1ccccc1)c1ccccc1. The number of hydrogen-bond acceptors (Lipinski definition) is 4. The molecular formula is C22H29NO3. The second kappa shape index (κ2) is 10.1. The number of carbonyl (C=O) groups is 1. The number of likely N-dealkylation sites (N-methyl/N-ethyl adjacent to an activating group) is 1. The van der Waals surface area contributed by atoms with E-state index in [0.29, 0.717) is 13.2 Å². The topological polar surface area (TPSA) is 38.8 Å². The van der Waals surface area contributed by atoms with Gasteiger partial charge in [0.25, 0.3) is 0 Å². The van der Waals surface area contributed by atoms with Crippen molar-refractivity contribution in [2.45, 2.75) is 26.4 Å². The number of rotatable bonds is 10. The Morgan fingerprint density at radius 2 is 1.38 bits per heavy atom. The largest absolute Gasteiger partial charge is 0.463 e. The Kier molecular flexibility index (Phi) is 7.82. The summed E-state index contributed by atoms with van der Waals surface area (Å²) in [5, 5.41) is 0. The van der Waals surface area contributed by atoms with Crippen LogP contribution in [0.3, 0.4) is 0 Å². The van der Waals surface area contributed by atoms with Gasteiger partial charge in [0.1, 0.15) is 0 Å². The van der Waals surface area contributed by atoms with E-state index in [2.05, 4.69) is 18.7 Å². The molecule has 0 atom stereocenters. The maximum atomic E-state index is 13.1. The lowest BCUT2D eigenvalue weighted by molar-refractivity contribution is -0.168. The molecule has 0 aliphatic carbocycles. The predicted octanol–water partition coefficient (Wildman–Crippen LogP) is 3.85. The summed E-state index contributed by atoms with van der Waals surface area (Å²) in [4.78, 5) is 15.4. The first-order valence-corrected chi connectivity index (χ1v) is 9.33. The van der Waals surface area contributed by atoms with Crippen molar-refractivity contribution in [3.8, 4) is 0 Å². The van der Waals surface area contributed by atoms with E-state index < -0.39 is 5.60 Å². The zero-order valence-electron chi connectivity index (χ0n) is 16.0. The van der Waals surface area contributed by atoms with Crippen molar-refractivity contribution >= 4 is 5.97 Å². The van der Waals surface area contributed by atoms with E-state index in [0.717, 1.165) is 30.8 Å². The third kappa shape index (κ3) is 4.51. The van der Waals surface area contributed by atoms with E-state index in [1.807, 2.05) is 67.6 Å². The van der Waals surface area contributed by atoms with Gasteiger partial charge in [0.05, 0.1) is 13.2 Å². The molecule has 0 saturated carbocycles. The van der Waals surface area contributed by atoms with Crippen molar-refractivity contribution in [3.05, 3.63) is 71.8 Å². The summed E-state index contributed by atoms with van der Waals surface area (Å²) in [7, 11) is 0. The van der Waals surface area contributed by atoms with E-state index in [4.69, 9.17) is 9.47 Å². The molecule has 0 aliphatic heterocycles. The molecule has 140 valence electrons. The molecule has 2 rings (SSSR count). The van der Waals surface area contributed by atoms with E-state index in [1.165, 1.54) is 0 Å². The van der Waals surface area contributed by atoms with Crippen molar-refractivity contribution in [1.82, 2.24) is 4.90 Å². The number of nitrogens with zero attached hydrogens (tertiary/aromatic N) is 1. The smallest absolute Gasteiger partial charge is 0.347 e. The van der Waals surface area contributed by atoms with E-state index >= 15 is 0 Å². The molecule has 0 unspecified atom stereocenters. The first-order chi connectivity index (χ1) is 12.7. The quantitative estimate of drug-likeness (QED) is 0.607. The van der Waals surface area contributed by atoms with Gasteiger partial charge in [-0.05, 0) is 31.1 Å². The maximum Gasteiger partial charge on any atom is 0.347 e. The number of esters is 1. The van der Waals surface area contributed by atoms with Gasteiger partial charge in [-0.2, -0.15) is 0 Å². The molecule has 0 radical (unpaired) electrons. The number of benzene rings is 2. The summed E-state index contributed by atoms with van der Waals surface area (Å²) in [5.74, 6) is -0.378. The van der Waals surface area contributed by atoms with Crippen molar-refractivity contribution < 1.29 is 14.3 Å². The molecular weight excluding hydrogens is 326 g/mol. The third-order valence-corrected chi connectivity index (χ3v) is 4.54. The van der Waals surface area contributed by atoms with Crippen LogP contribution >= 0.6 is 0 Å². The summed E-state index contributed by atoms with van der Waals surface area (Å²) in [6.45, 7) is 9.45. The molecule has 4 heteroatoms. The predicted molar refractivity (Wildman–Crippen MR) is 104 cm³/mol. The van der Waals surface area contributed by atoms with E-state index in [1.54, 1.807) is 0 Å². The van der Waals surface area contributed by atoms with Gasteiger partial charge >= 0.3 is 5.97 Å². The molecule has 0 spiro atoms. The second-order valence-corrected chi connectivity index (χ2v) is 6.01. The van der Waals surface area contributed by atoms with Crippen molar-refractivity contribution in [2.24, 2.45) is 0 Å². The first-order valence-electron chi connectivity index (χ1n) is 9.33. The van der Waals surface area contributed by atoms with Gasteiger partial charge in [-0.25, -0.2) is 4.79 Å². The minimum absolute atomic E-state index is 0.305. The zero-order chi connectivity index (χ0) is 18.8. The van der Waals surface area contributed by atoms with Crippen LogP contribution in [0, 0.1) is 0 Å². The summed E-state index contributed by atoms with van der Waals surface area (Å²) in [5.41, 5.74) is 0.305. The molecule has 0 N–H and O–H groups in total. The Morgan fingerprint density at radius 1 is 0.885 bits per heavy atom. The fraction of sp³-hybridized carbons (Fsp3) is 0.409. The first kappa shape index (κ1) is 20.1. The summed E-state index contributed by atoms with van der Waals surface area (Å²) >= 11 is 0. The van der Waals surface area contributed by atoms with Crippen LogP contribution < -0.4 is 0 Å². The Morgan fingerprint density at radius 3 is 1.81 bits per heavy atom. The summed E-state index contributed by atoms with van der Waals surface area (Å²) in [6, 6.07) is 19.2. The molecule has 4 nitrogen and oxygen atoms in total. The molecule has 0 saturated heterocycles. The van der Waals surface area contributed by atoms with Crippen LogP contribution in [0.15, 0.2) is 60.7 Å². The molecule has 0 bridgehead atoms. The van der Waals surface area contributed by atoms with Gasteiger partial charge in [0.15, 0.2) is 0 Å². The molecule has 2 aromatic carbocycles. The highest BCUT2D eigenvalue weighted by Crippen LogP contribution is 2.35. The van der Waals surface area contributed by atoms with Gasteiger partial charge in [-0.1, -0.05) is 74.5 Å². The Hall–Kier alpha value is -2.17. The molecule has 0 aromatic heterocycles. The van der Waals surface area contributed by atoms with Crippen LogP contribution in [-0.4, -0.2) is 43.7 Å². The lowest BCUT2D eigenvalue weighted by atomic mass is 9.86. The summed E-state index contributed by atoms with van der Waals surface area (Å²) in [6.07, 6.45) is 0. The minimum Gasteiger partial charge on any atom is -0.463 e. The lowest BCUT2D eigenvalue weighted by Crippen LogP contribution is -2.43. The highest BCUT2D eigenvalue weighted by molar-refractivity contribution is 5.85. The summed E-state index contributed by atoms with van der Waals surface area (Å²) < 4.78 is 11.8. The molecule has 0 heterocycles. The monoisotopic (exact) mass is 355 g/mol. The van der Waals surface area contributed by atoms with Gasteiger partial charge in [0.2, 0.25) is 5.60 Å². The van der Waals surface area contributed by atoms with Crippen molar-refractivity contribution in [2.75, 3.05) is 32.8 Å². The highest BCUT2D eigenvalue weighted by Gasteiger charge is 2.45. The van der Waals surface area contributed by atoms with Crippen molar-refractivity contribution in [3.63, 3.8) is 0 Å². The van der Waals surface area contributed by atoms with Gasteiger partial charge in [0, 0.05) is 6.54 Å². The van der Waals surface area contributed by atoms with Crippen molar-refractivity contribution in [1.29, 1.82) is 0 Å². The fourth-order valence-corrected chi connectivity index (χ4v) is 3.07. The number of hydrogen-bond donors (Lipinski definition) is 0. The standard InChI is InChI=1S/C22H29NO3/c1-4-23(5-2)17-18-26-22(21(24)25-6-3,19-13-9-7-10-14-19)20-15-11-8-12-16-20/h7-16H,4-6,17-18H2,1-3H3. The minimum atomic E-state index is -1.26. The Bertz CT molecular complexity index is 614. The molecule has 0 fully saturated rings. The van der Waals surface area contributed by atoms with Crippen LogP contribution in [0.5, 0.6) is 0 Å². The second-order valence-electron chi connectivity index (χ2n) is 6.01. The molecule has 0 aliphatic rings. The van der Waals surface area contributed by atoms with Gasteiger partial charge in [-0.3, -0.25) is 0 Å². The van der Waals surface area contributed by atoms with Crippen LogP contribution in [0.1, 0.15) is 31.9 Å². The number of ether oxygens (including phenoxy) is 2. The lowest BCUT2D eigenvalue weighted by Gasteiger charge is -2.33. The van der Waals surface area contributed by atoms with E-state index in [9.17, 15) is 4.79 Å². The highest BCUT2D eigenvalue weighted by atomic mass is 16.6. The number of carbonyl (C=O) groups excluding carboxylic acids is 1. The molecule has 0 amide bonds. The van der Waals surface area contributed by atoms with E-state index in [-0.39, 0.29) is 5.97 Å². The average Bonchev–Trinajstić information content (AvgIpc) is 2.70. The van der Waals surface area contributed by atoms with Crippen LogP contribution in [0.25, 0.3) is 0 Å². The fourth-order valence-electron chi connectivity index (χ4n) is 3.07. The molecule has 26 heavy (non-hydrogen) atoms.